The number of ether oxygens (including phenoxy) is 1. The number of carbonyl (C=O) groups is 2. The molecule has 3 rings (SSSR count). The van der Waals surface area contributed by atoms with Crippen LogP contribution in [0.25, 0.3) is 0 Å². The SMILES string of the molecule is CN1CC[C@@H](C(=O)NCc2ccnc(OC3CCCCC3)c2)CC1=O. The van der Waals surface area contributed by atoms with Crippen molar-refractivity contribution < 1.29 is 14.3 Å². The number of amides is 2. The smallest absolute Gasteiger partial charge is 0.223 e. The molecule has 6 heteroatoms. The lowest BCUT2D eigenvalue weighted by Gasteiger charge is -2.27. The molecule has 1 N–H and O–H groups in total. The van der Waals surface area contributed by atoms with Crippen molar-refractivity contribution in [3.05, 3.63) is 23.9 Å². The van der Waals surface area contributed by atoms with Crippen LogP contribution in [0.4, 0.5) is 0 Å². The van der Waals surface area contributed by atoms with Gasteiger partial charge in [-0.15, -0.1) is 0 Å². The Kier molecular flexibility index (Phi) is 5.89. The maximum absolute atomic E-state index is 12.3. The molecule has 1 saturated carbocycles. The Morgan fingerprint density at radius 3 is 2.88 bits per heavy atom. The minimum atomic E-state index is -0.219. The molecule has 136 valence electrons. The van der Waals surface area contributed by atoms with E-state index < -0.39 is 0 Å². The second-order valence-corrected chi connectivity index (χ2v) is 7.10. The van der Waals surface area contributed by atoms with Gasteiger partial charge in [-0.05, 0) is 43.7 Å². The van der Waals surface area contributed by atoms with E-state index in [1.165, 1.54) is 19.3 Å². The number of hydrogen-bond donors (Lipinski definition) is 1. The van der Waals surface area contributed by atoms with Gasteiger partial charge in [-0.25, -0.2) is 4.98 Å². The fraction of sp³-hybridized carbons (Fsp3) is 0.632. The number of aromatic nitrogens is 1. The first-order chi connectivity index (χ1) is 12.1. The van der Waals surface area contributed by atoms with Gasteiger partial charge in [-0.2, -0.15) is 0 Å². The van der Waals surface area contributed by atoms with Gasteiger partial charge in [-0.3, -0.25) is 9.59 Å². The zero-order valence-corrected chi connectivity index (χ0v) is 14.9. The second kappa shape index (κ2) is 8.32. The van der Waals surface area contributed by atoms with Gasteiger partial charge in [0.2, 0.25) is 17.7 Å². The molecule has 0 spiro atoms. The summed E-state index contributed by atoms with van der Waals surface area (Å²) in [6.45, 7) is 1.08. The number of nitrogens with zero attached hydrogens (tertiary/aromatic N) is 2. The largest absolute Gasteiger partial charge is 0.474 e. The number of piperidine rings is 1. The number of rotatable bonds is 5. The summed E-state index contributed by atoms with van der Waals surface area (Å²) in [6.07, 6.45) is 8.91. The van der Waals surface area contributed by atoms with Crippen molar-refractivity contribution in [1.82, 2.24) is 15.2 Å². The molecule has 2 fully saturated rings. The summed E-state index contributed by atoms with van der Waals surface area (Å²) in [4.78, 5) is 30.0. The number of hydrogen-bond acceptors (Lipinski definition) is 4. The Morgan fingerprint density at radius 2 is 2.12 bits per heavy atom. The highest BCUT2D eigenvalue weighted by Crippen LogP contribution is 2.23. The van der Waals surface area contributed by atoms with Gasteiger partial charge < -0.3 is 15.0 Å². The van der Waals surface area contributed by atoms with E-state index in [2.05, 4.69) is 10.3 Å². The highest BCUT2D eigenvalue weighted by Gasteiger charge is 2.28. The molecule has 2 heterocycles. The van der Waals surface area contributed by atoms with E-state index in [9.17, 15) is 9.59 Å². The number of nitrogens with one attached hydrogen (secondary N) is 1. The lowest BCUT2D eigenvalue weighted by molar-refractivity contribution is -0.139. The summed E-state index contributed by atoms with van der Waals surface area (Å²) < 4.78 is 5.97. The van der Waals surface area contributed by atoms with Crippen LogP contribution in [0, 0.1) is 5.92 Å². The predicted molar refractivity (Wildman–Crippen MR) is 93.9 cm³/mol. The van der Waals surface area contributed by atoms with Crippen molar-refractivity contribution in [2.45, 2.75) is 57.6 Å². The summed E-state index contributed by atoms with van der Waals surface area (Å²) in [5.41, 5.74) is 0.966. The van der Waals surface area contributed by atoms with E-state index in [0.717, 1.165) is 24.8 Å². The Labute approximate surface area is 148 Å². The zero-order chi connectivity index (χ0) is 17.6. The van der Waals surface area contributed by atoms with Gasteiger partial charge in [-0.1, -0.05) is 6.42 Å². The normalized spacial score (nSPS) is 21.9. The zero-order valence-electron chi connectivity index (χ0n) is 14.9. The molecule has 2 amide bonds. The molecule has 0 aromatic carbocycles. The van der Waals surface area contributed by atoms with Crippen molar-refractivity contribution in [2.24, 2.45) is 5.92 Å². The molecule has 6 nitrogen and oxygen atoms in total. The molecular weight excluding hydrogens is 318 g/mol. The number of carbonyl (C=O) groups excluding carboxylic acids is 2. The van der Waals surface area contributed by atoms with E-state index in [-0.39, 0.29) is 23.8 Å². The summed E-state index contributed by atoms with van der Waals surface area (Å²) in [5, 5.41) is 2.94. The maximum atomic E-state index is 12.3. The summed E-state index contributed by atoms with van der Waals surface area (Å²) in [5.74, 6) is 0.406. The number of likely N-dealkylation sites (tertiary alicyclic amines) is 1. The molecule has 1 aromatic heterocycles. The molecule has 1 aliphatic carbocycles. The van der Waals surface area contributed by atoms with E-state index >= 15 is 0 Å². The van der Waals surface area contributed by atoms with E-state index in [1.54, 1.807) is 18.1 Å². The van der Waals surface area contributed by atoms with Crippen LogP contribution in [0.3, 0.4) is 0 Å². The molecule has 0 bridgehead atoms. The van der Waals surface area contributed by atoms with Crippen LogP contribution in [0.2, 0.25) is 0 Å². The Balaban J connectivity index is 1.50. The molecular formula is C19H27N3O3. The first-order valence-electron chi connectivity index (χ1n) is 9.25. The van der Waals surface area contributed by atoms with Crippen molar-refractivity contribution in [1.29, 1.82) is 0 Å². The standard InChI is InChI=1S/C19H27N3O3/c1-22-10-8-15(12-18(22)23)19(24)21-13-14-7-9-20-17(11-14)25-16-5-3-2-4-6-16/h7,9,11,15-16H,2-6,8,10,12-13H2,1H3,(H,21,24)/t15-/m1/s1. The van der Waals surface area contributed by atoms with Gasteiger partial charge in [0.05, 0.1) is 0 Å². The van der Waals surface area contributed by atoms with Crippen LogP contribution in [0.1, 0.15) is 50.5 Å². The first kappa shape index (κ1) is 17.7. The van der Waals surface area contributed by atoms with E-state index in [4.69, 9.17) is 4.74 Å². The summed E-state index contributed by atoms with van der Waals surface area (Å²) in [6, 6.07) is 3.78. The molecule has 2 aliphatic rings. The van der Waals surface area contributed by atoms with Crippen LogP contribution < -0.4 is 10.1 Å². The highest BCUT2D eigenvalue weighted by molar-refractivity contribution is 5.86. The van der Waals surface area contributed by atoms with E-state index in [1.807, 2.05) is 12.1 Å². The van der Waals surface area contributed by atoms with Gasteiger partial charge in [0, 0.05) is 44.7 Å². The molecule has 0 unspecified atom stereocenters. The first-order valence-corrected chi connectivity index (χ1v) is 9.25. The number of pyridine rings is 1. The Bertz CT molecular complexity index is 614. The molecule has 1 aliphatic heterocycles. The van der Waals surface area contributed by atoms with E-state index in [0.29, 0.717) is 25.4 Å². The van der Waals surface area contributed by atoms with Crippen LogP contribution in [0.5, 0.6) is 5.88 Å². The van der Waals surface area contributed by atoms with Crippen LogP contribution >= 0.6 is 0 Å². The quantitative estimate of drug-likeness (QED) is 0.889. The van der Waals surface area contributed by atoms with Gasteiger partial charge in [0.15, 0.2) is 0 Å². The molecule has 1 aromatic rings. The molecule has 1 atom stereocenters. The van der Waals surface area contributed by atoms with Crippen molar-refractivity contribution in [2.75, 3.05) is 13.6 Å². The predicted octanol–water partition coefficient (Wildman–Crippen LogP) is 2.28. The van der Waals surface area contributed by atoms with Crippen LogP contribution in [-0.2, 0) is 16.1 Å². The van der Waals surface area contributed by atoms with Crippen molar-refractivity contribution >= 4 is 11.8 Å². The lowest BCUT2D eigenvalue weighted by Crippen LogP contribution is -2.41. The fourth-order valence-corrected chi connectivity index (χ4v) is 3.48. The highest BCUT2D eigenvalue weighted by atomic mass is 16.5. The van der Waals surface area contributed by atoms with Crippen LogP contribution in [0.15, 0.2) is 18.3 Å². The monoisotopic (exact) mass is 345 g/mol. The molecule has 0 radical (unpaired) electrons. The summed E-state index contributed by atoms with van der Waals surface area (Å²) >= 11 is 0. The fourth-order valence-electron chi connectivity index (χ4n) is 3.48. The third-order valence-electron chi connectivity index (χ3n) is 5.14. The average molecular weight is 345 g/mol. The van der Waals surface area contributed by atoms with Crippen molar-refractivity contribution in [3.63, 3.8) is 0 Å². The molecule has 25 heavy (non-hydrogen) atoms. The van der Waals surface area contributed by atoms with Gasteiger partial charge >= 0.3 is 0 Å². The third kappa shape index (κ3) is 4.94. The molecule has 1 saturated heterocycles. The average Bonchev–Trinajstić information content (AvgIpc) is 2.63. The lowest BCUT2D eigenvalue weighted by atomic mass is 9.95. The Morgan fingerprint density at radius 1 is 1.32 bits per heavy atom. The summed E-state index contributed by atoms with van der Waals surface area (Å²) in [7, 11) is 1.78. The third-order valence-corrected chi connectivity index (χ3v) is 5.14. The topological polar surface area (TPSA) is 71.5 Å². The second-order valence-electron chi connectivity index (χ2n) is 7.10. The minimum Gasteiger partial charge on any atom is -0.474 e. The van der Waals surface area contributed by atoms with Gasteiger partial charge in [0.25, 0.3) is 0 Å². The van der Waals surface area contributed by atoms with Gasteiger partial charge in [0.1, 0.15) is 6.10 Å². The van der Waals surface area contributed by atoms with Crippen molar-refractivity contribution in [3.8, 4) is 5.88 Å². The maximum Gasteiger partial charge on any atom is 0.223 e. The minimum absolute atomic E-state index is 0.0403. The van der Waals surface area contributed by atoms with Crippen LogP contribution in [-0.4, -0.2) is 41.4 Å². The Hall–Kier alpha value is -2.11.